The first-order valence-electron chi connectivity index (χ1n) is 10.2. The molecular formula is C21H24F2N6O2. The smallest absolute Gasteiger partial charge is 0.395 e. The van der Waals surface area contributed by atoms with Crippen LogP contribution >= 0.6 is 0 Å². The van der Waals surface area contributed by atoms with Gasteiger partial charge >= 0.3 is 6.29 Å². The van der Waals surface area contributed by atoms with E-state index in [0.29, 0.717) is 17.8 Å². The molecule has 5 rings (SSSR count). The van der Waals surface area contributed by atoms with E-state index in [1.165, 1.54) is 12.1 Å². The van der Waals surface area contributed by atoms with Crippen molar-refractivity contribution >= 4 is 17.4 Å². The molecule has 1 aromatic heterocycles. The summed E-state index contributed by atoms with van der Waals surface area (Å²) in [5.41, 5.74) is 2.56. The van der Waals surface area contributed by atoms with Crippen LogP contribution in [-0.4, -0.2) is 72.1 Å². The molecule has 1 fully saturated rings. The van der Waals surface area contributed by atoms with Gasteiger partial charge in [-0.3, -0.25) is 4.90 Å². The van der Waals surface area contributed by atoms with Crippen molar-refractivity contribution in [3.05, 3.63) is 41.7 Å². The van der Waals surface area contributed by atoms with Crippen molar-refractivity contribution in [1.82, 2.24) is 14.8 Å². The van der Waals surface area contributed by atoms with E-state index in [9.17, 15) is 8.78 Å². The highest BCUT2D eigenvalue weighted by molar-refractivity contribution is 6.11. The van der Waals surface area contributed by atoms with Crippen molar-refractivity contribution in [1.29, 1.82) is 0 Å². The van der Waals surface area contributed by atoms with E-state index in [1.807, 2.05) is 19.2 Å². The number of ether oxygens (including phenoxy) is 2. The van der Waals surface area contributed by atoms with Crippen molar-refractivity contribution in [3.8, 4) is 11.5 Å². The third-order valence-electron chi connectivity index (χ3n) is 5.62. The molecule has 164 valence electrons. The summed E-state index contributed by atoms with van der Waals surface area (Å²) < 4.78 is 36.0. The molecule has 31 heavy (non-hydrogen) atoms. The van der Waals surface area contributed by atoms with Gasteiger partial charge in [-0.05, 0) is 38.2 Å². The molecule has 3 aliphatic rings. The number of piperazine rings is 1. The molecular weight excluding hydrogens is 406 g/mol. The van der Waals surface area contributed by atoms with Gasteiger partial charge in [0.25, 0.3) is 0 Å². The van der Waals surface area contributed by atoms with E-state index in [4.69, 9.17) is 9.98 Å². The Morgan fingerprint density at radius 3 is 2.65 bits per heavy atom. The van der Waals surface area contributed by atoms with Crippen LogP contribution in [0, 0.1) is 6.92 Å². The molecule has 2 N–H and O–H groups in total. The first-order chi connectivity index (χ1) is 14.8. The minimum absolute atomic E-state index is 0.00547. The molecule has 0 amide bonds. The van der Waals surface area contributed by atoms with Crippen molar-refractivity contribution < 1.29 is 18.3 Å². The molecule has 3 aliphatic heterocycles. The lowest BCUT2D eigenvalue weighted by Gasteiger charge is -2.37. The quantitative estimate of drug-likeness (QED) is 0.783. The number of fused-ring (bicyclic) bond motifs is 1. The molecule has 1 aromatic carbocycles. The van der Waals surface area contributed by atoms with Crippen molar-refractivity contribution in [2.24, 2.45) is 9.98 Å². The molecule has 4 heterocycles. The van der Waals surface area contributed by atoms with Crippen molar-refractivity contribution in [2.45, 2.75) is 25.8 Å². The molecule has 2 aromatic rings. The molecule has 10 heteroatoms. The van der Waals surface area contributed by atoms with E-state index in [-0.39, 0.29) is 17.7 Å². The van der Waals surface area contributed by atoms with Gasteiger partial charge in [-0.25, -0.2) is 9.98 Å². The topological polar surface area (TPSA) is 77.5 Å². The maximum absolute atomic E-state index is 13.4. The predicted molar refractivity (Wildman–Crippen MR) is 113 cm³/mol. The number of rotatable bonds is 3. The highest BCUT2D eigenvalue weighted by Crippen LogP contribution is 2.41. The number of H-pyrrole nitrogens is 1. The van der Waals surface area contributed by atoms with Crippen LogP contribution in [-0.2, 0) is 0 Å². The Balaban J connectivity index is 1.45. The summed E-state index contributed by atoms with van der Waals surface area (Å²) in [5, 5.41) is 3.37. The number of amidine groups is 2. The number of aliphatic imine (C=N–C) groups is 2. The summed E-state index contributed by atoms with van der Waals surface area (Å²) in [6, 6.07) is 6.65. The van der Waals surface area contributed by atoms with E-state index in [1.54, 1.807) is 6.07 Å². The molecule has 0 bridgehead atoms. The Kier molecular flexibility index (Phi) is 4.90. The molecule has 0 aliphatic carbocycles. The highest BCUT2D eigenvalue weighted by Gasteiger charge is 2.43. The third-order valence-corrected chi connectivity index (χ3v) is 5.62. The Morgan fingerprint density at radius 2 is 1.90 bits per heavy atom. The minimum atomic E-state index is -3.65. The average Bonchev–Trinajstić information content (AvgIpc) is 3.28. The largest absolute Gasteiger partial charge is 0.586 e. The number of halogens is 2. The predicted octanol–water partition coefficient (Wildman–Crippen LogP) is 2.88. The summed E-state index contributed by atoms with van der Waals surface area (Å²) in [7, 11) is 2.11. The van der Waals surface area contributed by atoms with E-state index >= 15 is 0 Å². The number of anilines is 1. The van der Waals surface area contributed by atoms with Gasteiger partial charge in [-0.1, -0.05) is 0 Å². The number of aromatic nitrogens is 1. The van der Waals surface area contributed by atoms with Crippen LogP contribution in [0.2, 0.25) is 0 Å². The van der Waals surface area contributed by atoms with Gasteiger partial charge in [-0.2, -0.15) is 0 Å². The van der Waals surface area contributed by atoms with Crippen molar-refractivity contribution in [2.75, 3.05) is 38.5 Å². The lowest BCUT2D eigenvalue weighted by atomic mass is 10.1. The van der Waals surface area contributed by atoms with Crippen LogP contribution in [0.1, 0.15) is 17.7 Å². The van der Waals surface area contributed by atoms with Gasteiger partial charge in [-0.15, -0.1) is 8.78 Å². The van der Waals surface area contributed by atoms with Crippen LogP contribution in [0.3, 0.4) is 0 Å². The van der Waals surface area contributed by atoms with Gasteiger partial charge in [0.1, 0.15) is 12.0 Å². The van der Waals surface area contributed by atoms with E-state index in [0.717, 1.165) is 43.4 Å². The lowest BCUT2D eigenvalue weighted by molar-refractivity contribution is -0.286. The molecule has 0 radical (unpaired) electrons. The summed E-state index contributed by atoms with van der Waals surface area (Å²) in [6.45, 7) is 5.73. The Labute approximate surface area is 178 Å². The monoisotopic (exact) mass is 430 g/mol. The normalized spacial score (nSPS) is 23.4. The van der Waals surface area contributed by atoms with E-state index < -0.39 is 6.29 Å². The number of aryl methyl sites for hydroxylation is 1. The van der Waals surface area contributed by atoms with Gasteiger partial charge in [0, 0.05) is 50.1 Å². The number of benzene rings is 1. The number of nitrogens with zero attached hydrogens (tertiary/aromatic N) is 4. The average molecular weight is 430 g/mol. The molecule has 0 spiro atoms. The highest BCUT2D eigenvalue weighted by atomic mass is 19.3. The number of nitrogens with one attached hydrogen (secondary N) is 2. The molecule has 1 saturated heterocycles. The standard InChI is InChI=1S/C21H24F2N6O2/c1-13-9-15(12-24-13)25-18-11-19(29-7-5-28(2)6-8-29)27-20(26-18)14-3-4-16-17(10-14)31-21(22,23)30-16/h3-4,9-10,12,19,24H,5-8,11H2,1-2H3,(H,25,26,27). The van der Waals surface area contributed by atoms with Gasteiger partial charge < -0.3 is 24.7 Å². The van der Waals surface area contributed by atoms with Crippen LogP contribution in [0.5, 0.6) is 11.5 Å². The Bertz CT molecular complexity index is 1040. The molecule has 0 saturated carbocycles. The molecule has 1 atom stereocenters. The fourth-order valence-corrected chi connectivity index (χ4v) is 3.95. The first kappa shape index (κ1) is 20.0. The van der Waals surface area contributed by atoms with E-state index in [2.05, 4.69) is 36.6 Å². The second-order valence-corrected chi connectivity index (χ2v) is 8.06. The molecule has 8 nitrogen and oxygen atoms in total. The van der Waals surface area contributed by atoms with Gasteiger partial charge in [0.15, 0.2) is 17.3 Å². The number of hydrogen-bond acceptors (Lipinski definition) is 7. The fourth-order valence-electron chi connectivity index (χ4n) is 3.95. The van der Waals surface area contributed by atoms with Crippen LogP contribution in [0.15, 0.2) is 40.4 Å². The van der Waals surface area contributed by atoms with Gasteiger partial charge in [0.05, 0.1) is 5.69 Å². The number of likely N-dealkylation sites (N-methyl/N-ethyl adjacent to an activating group) is 1. The SMILES string of the molecule is Cc1cc(NC2=NC(c3ccc4c(c3)OC(F)(F)O4)=NC(N3CCN(C)CC3)C2)c[nH]1. The lowest BCUT2D eigenvalue weighted by Crippen LogP contribution is -2.50. The fraction of sp³-hybridized carbons (Fsp3) is 0.429. The van der Waals surface area contributed by atoms with Crippen LogP contribution < -0.4 is 14.8 Å². The second kappa shape index (κ2) is 7.61. The summed E-state index contributed by atoms with van der Waals surface area (Å²) >= 11 is 0. The Morgan fingerprint density at radius 1 is 1.13 bits per heavy atom. The summed E-state index contributed by atoms with van der Waals surface area (Å²) in [5.74, 6) is 1.24. The summed E-state index contributed by atoms with van der Waals surface area (Å²) in [4.78, 5) is 17.3. The van der Waals surface area contributed by atoms with Crippen LogP contribution in [0.4, 0.5) is 14.5 Å². The zero-order chi connectivity index (χ0) is 21.6. The van der Waals surface area contributed by atoms with Crippen molar-refractivity contribution in [3.63, 3.8) is 0 Å². The molecule has 1 unspecified atom stereocenters. The first-order valence-corrected chi connectivity index (χ1v) is 10.2. The van der Waals surface area contributed by atoms with Crippen LogP contribution in [0.25, 0.3) is 0 Å². The third kappa shape index (κ3) is 4.26. The summed E-state index contributed by atoms with van der Waals surface area (Å²) in [6.07, 6.45) is -1.22. The maximum atomic E-state index is 13.4. The maximum Gasteiger partial charge on any atom is 0.586 e. The minimum Gasteiger partial charge on any atom is -0.395 e. The number of aromatic amines is 1. The zero-order valence-electron chi connectivity index (χ0n) is 17.4. The van der Waals surface area contributed by atoms with Gasteiger partial charge in [0.2, 0.25) is 0 Å². The Hall–Kier alpha value is -2.98. The number of alkyl halides is 2. The number of hydrogen-bond donors (Lipinski definition) is 2. The zero-order valence-corrected chi connectivity index (χ0v) is 17.4. The second-order valence-electron chi connectivity index (χ2n) is 8.06.